The van der Waals surface area contributed by atoms with E-state index in [1.165, 1.54) is 24.4 Å². The number of aliphatic hydroxyl groups is 1. The van der Waals surface area contributed by atoms with E-state index in [4.69, 9.17) is 4.74 Å². The molecule has 1 aliphatic carbocycles. The number of aliphatic hydroxyl groups excluding tert-OH is 1. The normalized spacial score (nSPS) is 17.2. The Hall–Kier alpha value is -2.15. The molecule has 3 nitrogen and oxygen atoms in total. The zero-order valence-electron chi connectivity index (χ0n) is 14.7. The molecule has 26 heavy (non-hydrogen) atoms. The first-order valence-corrected chi connectivity index (χ1v) is 8.07. The number of halogens is 4. The molecule has 0 saturated heterocycles. The van der Waals surface area contributed by atoms with E-state index < -0.39 is 36.4 Å². The summed E-state index contributed by atoms with van der Waals surface area (Å²) < 4.78 is 59.1. The van der Waals surface area contributed by atoms with Crippen LogP contribution in [-0.4, -0.2) is 42.3 Å². The third kappa shape index (κ3) is 4.15. The van der Waals surface area contributed by atoms with E-state index in [1.54, 1.807) is 0 Å². The number of pyridine rings is 1. The molecule has 4 atom stereocenters. The lowest BCUT2D eigenvalue weighted by Gasteiger charge is -2.34. The maximum absolute atomic E-state index is 14.3. The molecule has 0 bridgehead atoms. The Balaban J connectivity index is 0.000000331. The standard InChI is InChI=1S/C14H18F4O2.C5H3N/c1-8(16)12(19)13(18)14(2,7-15)10-6-9(17)4-5-11(10)20-3;1-2-6-5-3-4(1)5/h4-6,8,12-13,19H,7H2,1-3H3;1-3H. The van der Waals surface area contributed by atoms with Crippen LogP contribution in [0, 0.1) is 5.82 Å². The van der Waals surface area contributed by atoms with Crippen molar-refractivity contribution >= 4 is 0 Å². The first-order valence-electron chi connectivity index (χ1n) is 8.07. The molecule has 7 heteroatoms. The zero-order chi connectivity index (χ0) is 19.5. The van der Waals surface area contributed by atoms with Gasteiger partial charge in [0.05, 0.1) is 18.2 Å². The molecule has 1 heterocycles. The van der Waals surface area contributed by atoms with Crippen molar-refractivity contribution in [2.24, 2.45) is 0 Å². The van der Waals surface area contributed by atoms with E-state index in [2.05, 4.69) is 11.1 Å². The third-order valence-corrected chi connectivity index (χ3v) is 4.41. The van der Waals surface area contributed by atoms with Gasteiger partial charge in [-0.1, -0.05) is 0 Å². The molecule has 2 aliphatic rings. The van der Waals surface area contributed by atoms with E-state index >= 15 is 0 Å². The van der Waals surface area contributed by atoms with Crippen molar-refractivity contribution in [1.29, 1.82) is 0 Å². The number of hydrogen-bond donors (Lipinski definition) is 1. The highest BCUT2D eigenvalue weighted by atomic mass is 19.2. The SMILES string of the molecule is COc1ccc(F)cc1C(C)(CF)C(F)C(O)C(C)F.c1cc2cc-2n1. The summed E-state index contributed by atoms with van der Waals surface area (Å²) in [7, 11) is 1.27. The van der Waals surface area contributed by atoms with Gasteiger partial charge in [0.25, 0.3) is 0 Å². The quantitative estimate of drug-likeness (QED) is 0.661. The zero-order valence-corrected chi connectivity index (χ0v) is 14.7. The summed E-state index contributed by atoms with van der Waals surface area (Å²) >= 11 is 0. The van der Waals surface area contributed by atoms with Gasteiger partial charge < -0.3 is 9.84 Å². The van der Waals surface area contributed by atoms with Gasteiger partial charge in [0.15, 0.2) is 0 Å². The Kier molecular flexibility index (Phi) is 6.23. The van der Waals surface area contributed by atoms with Gasteiger partial charge in [-0.15, -0.1) is 0 Å². The lowest BCUT2D eigenvalue weighted by atomic mass is 9.76. The van der Waals surface area contributed by atoms with Gasteiger partial charge in [0.2, 0.25) is 0 Å². The maximum atomic E-state index is 14.3. The molecule has 1 aromatic rings. The van der Waals surface area contributed by atoms with Gasteiger partial charge in [0, 0.05) is 17.3 Å². The fraction of sp³-hybridized carbons (Fsp3) is 0.421. The third-order valence-electron chi connectivity index (χ3n) is 4.41. The van der Waals surface area contributed by atoms with Crippen LogP contribution in [0.3, 0.4) is 0 Å². The molecule has 0 saturated carbocycles. The Morgan fingerprint density at radius 2 is 1.92 bits per heavy atom. The molecule has 1 N–H and O–H groups in total. The van der Waals surface area contributed by atoms with Crippen molar-refractivity contribution in [3.8, 4) is 17.0 Å². The highest BCUT2D eigenvalue weighted by Gasteiger charge is 2.44. The Morgan fingerprint density at radius 1 is 1.23 bits per heavy atom. The van der Waals surface area contributed by atoms with E-state index in [1.807, 2.05) is 12.3 Å². The summed E-state index contributed by atoms with van der Waals surface area (Å²) in [5.74, 6) is -0.622. The van der Waals surface area contributed by atoms with E-state index in [0.717, 1.165) is 26.0 Å². The topological polar surface area (TPSA) is 42.4 Å². The second kappa shape index (κ2) is 8.03. The molecular weight excluding hydrogens is 350 g/mol. The van der Waals surface area contributed by atoms with Crippen LogP contribution in [-0.2, 0) is 5.41 Å². The average molecular weight is 371 g/mol. The fourth-order valence-electron chi connectivity index (χ4n) is 2.58. The lowest BCUT2D eigenvalue weighted by Crippen LogP contribution is -2.46. The monoisotopic (exact) mass is 371 g/mol. The Labute approximate surface area is 149 Å². The number of fused-ring (bicyclic) bond motifs is 1. The number of hydrogen-bond acceptors (Lipinski definition) is 3. The minimum Gasteiger partial charge on any atom is -0.496 e. The summed E-state index contributed by atoms with van der Waals surface area (Å²) in [5.41, 5.74) is 0.493. The van der Waals surface area contributed by atoms with E-state index in [9.17, 15) is 22.7 Å². The first-order chi connectivity index (χ1) is 12.2. The number of benzene rings is 1. The van der Waals surface area contributed by atoms with Gasteiger partial charge >= 0.3 is 0 Å². The summed E-state index contributed by atoms with van der Waals surface area (Å²) in [5, 5.41) is 9.50. The second-order valence-electron chi connectivity index (χ2n) is 6.40. The van der Waals surface area contributed by atoms with Crippen LogP contribution in [0.4, 0.5) is 17.6 Å². The summed E-state index contributed by atoms with van der Waals surface area (Å²) in [6.07, 6.45) is -4.31. The number of nitrogens with zero attached hydrogens (tertiary/aromatic N) is 1. The largest absolute Gasteiger partial charge is 0.496 e. The molecule has 142 valence electrons. The number of aromatic nitrogens is 1. The second-order valence-corrected chi connectivity index (χ2v) is 6.40. The van der Waals surface area contributed by atoms with E-state index in [0.29, 0.717) is 0 Å². The molecule has 0 aromatic heterocycles. The molecule has 4 unspecified atom stereocenters. The average Bonchev–Trinajstić information content (AvgIpc) is 3.24. The number of alkyl halides is 3. The number of methoxy groups -OCH3 is 1. The number of rotatable bonds is 6. The smallest absolute Gasteiger partial charge is 0.141 e. The summed E-state index contributed by atoms with van der Waals surface area (Å²) in [6.45, 7) is 0.886. The van der Waals surface area contributed by atoms with Gasteiger partial charge in [-0.3, -0.25) is 9.37 Å². The van der Waals surface area contributed by atoms with Crippen LogP contribution < -0.4 is 4.74 Å². The van der Waals surface area contributed by atoms with Gasteiger partial charge in [-0.2, -0.15) is 0 Å². The maximum Gasteiger partial charge on any atom is 0.141 e. The fourth-order valence-corrected chi connectivity index (χ4v) is 2.58. The Bertz CT molecular complexity index is 739. The van der Waals surface area contributed by atoms with Crippen molar-refractivity contribution in [3.05, 3.63) is 47.9 Å². The molecular formula is C19H21F4NO2. The molecule has 0 amide bonds. The predicted molar refractivity (Wildman–Crippen MR) is 91.0 cm³/mol. The van der Waals surface area contributed by atoms with Crippen LogP contribution in [0.2, 0.25) is 0 Å². The van der Waals surface area contributed by atoms with Crippen molar-refractivity contribution < 1.29 is 27.4 Å². The van der Waals surface area contributed by atoms with Crippen LogP contribution in [0.5, 0.6) is 5.75 Å². The van der Waals surface area contributed by atoms with Gasteiger partial charge in [0.1, 0.15) is 36.7 Å². The molecule has 1 aliphatic heterocycles. The van der Waals surface area contributed by atoms with Crippen LogP contribution in [0.1, 0.15) is 19.4 Å². The molecule has 0 radical (unpaired) electrons. The van der Waals surface area contributed by atoms with Crippen LogP contribution >= 0.6 is 0 Å². The summed E-state index contributed by atoms with van der Waals surface area (Å²) in [4.78, 5) is 3.95. The van der Waals surface area contributed by atoms with Crippen molar-refractivity contribution in [2.75, 3.05) is 13.8 Å². The molecule has 1 aromatic carbocycles. The Morgan fingerprint density at radius 3 is 2.31 bits per heavy atom. The summed E-state index contributed by atoms with van der Waals surface area (Å²) in [6, 6.07) is 7.31. The van der Waals surface area contributed by atoms with Crippen molar-refractivity contribution in [2.45, 2.75) is 37.7 Å². The molecule has 3 rings (SSSR count). The molecule has 0 spiro atoms. The minimum atomic E-state index is -2.25. The van der Waals surface area contributed by atoms with Gasteiger partial charge in [-0.25, -0.2) is 13.2 Å². The van der Waals surface area contributed by atoms with Crippen LogP contribution in [0.25, 0.3) is 11.3 Å². The minimum absolute atomic E-state index is 0.0768. The highest BCUT2D eigenvalue weighted by Crippen LogP contribution is 2.39. The van der Waals surface area contributed by atoms with Gasteiger partial charge in [-0.05, 0) is 44.2 Å². The van der Waals surface area contributed by atoms with Crippen molar-refractivity contribution in [3.63, 3.8) is 0 Å². The predicted octanol–water partition coefficient (Wildman–Crippen LogP) is 4.18. The van der Waals surface area contributed by atoms with E-state index in [-0.39, 0.29) is 11.3 Å². The van der Waals surface area contributed by atoms with Crippen molar-refractivity contribution in [1.82, 2.24) is 4.98 Å². The lowest BCUT2D eigenvalue weighted by molar-refractivity contribution is -0.0208. The van der Waals surface area contributed by atoms with Crippen LogP contribution in [0.15, 0.2) is 36.5 Å². The number of ether oxygens (including phenoxy) is 1. The first kappa shape index (κ1) is 20.2. The highest BCUT2D eigenvalue weighted by molar-refractivity contribution is 5.75. The molecule has 0 fully saturated rings.